The van der Waals surface area contributed by atoms with Crippen LogP contribution < -0.4 is 16.0 Å². The van der Waals surface area contributed by atoms with E-state index in [1.165, 1.54) is 16.8 Å². The Labute approximate surface area is 237 Å². The predicted molar refractivity (Wildman–Crippen MR) is 154 cm³/mol. The van der Waals surface area contributed by atoms with E-state index in [1.807, 2.05) is 48.5 Å². The summed E-state index contributed by atoms with van der Waals surface area (Å²) in [5, 5.41) is 7.51. The fourth-order valence-corrected chi connectivity index (χ4v) is 5.84. The maximum absolute atomic E-state index is 14.4. The monoisotopic (exact) mass is 553 g/mol. The molecule has 0 radical (unpaired) electrons. The van der Waals surface area contributed by atoms with Crippen LogP contribution in [0.2, 0.25) is 0 Å². The van der Waals surface area contributed by atoms with Crippen LogP contribution in [0.3, 0.4) is 0 Å². The number of nitrogens with one attached hydrogen (secondary N) is 1. The molecule has 3 N–H and O–H groups in total. The minimum Gasteiger partial charge on any atom is -0.445 e. The van der Waals surface area contributed by atoms with Crippen molar-refractivity contribution in [3.63, 3.8) is 0 Å². The Hall–Kier alpha value is -4.66. The molecule has 0 saturated carbocycles. The van der Waals surface area contributed by atoms with Crippen molar-refractivity contribution < 1.29 is 18.7 Å². The summed E-state index contributed by atoms with van der Waals surface area (Å²) in [6, 6.07) is 24.0. The van der Waals surface area contributed by atoms with Gasteiger partial charge in [-0.2, -0.15) is 9.78 Å². The molecular weight excluding hydrogens is 521 g/mol. The number of hydrogen-bond acceptors (Lipinski definition) is 6. The zero-order valence-corrected chi connectivity index (χ0v) is 22.6. The molecule has 4 aromatic rings. The molecule has 2 aliphatic rings. The van der Waals surface area contributed by atoms with Crippen LogP contribution in [0.4, 0.5) is 20.7 Å². The molecule has 1 aliphatic carbocycles. The zero-order valence-electron chi connectivity index (χ0n) is 22.6. The first kappa shape index (κ1) is 26.6. The number of carbonyl (C=O) groups is 2. The van der Waals surface area contributed by atoms with Gasteiger partial charge in [-0.1, -0.05) is 60.7 Å². The summed E-state index contributed by atoms with van der Waals surface area (Å²) in [5.41, 5.74) is 11.5. The molecule has 2 atom stereocenters. The Morgan fingerprint density at radius 1 is 1.00 bits per heavy atom. The molecule has 1 aromatic heterocycles. The summed E-state index contributed by atoms with van der Waals surface area (Å²) in [4.78, 5) is 28.4. The van der Waals surface area contributed by atoms with Crippen LogP contribution >= 0.6 is 0 Å². The molecule has 0 fully saturated rings. The van der Waals surface area contributed by atoms with Gasteiger partial charge in [0.25, 0.3) is 5.91 Å². The summed E-state index contributed by atoms with van der Waals surface area (Å²) in [6.07, 6.45) is 1.71. The van der Waals surface area contributed by atoms with Crippen molar-refractivity contribution in [3.8, 4) is 0 Å². The number of aromatic nitrogens is 2. The Kier molecular flexibility index (Phi) is 7.41. The normalized spacial score (nSPS) is 17.8. The number of nitrogens with zero attached hydrogens (tertiary/aromatic N) is 3. The van der Waals surface area contributed by atoms with Gasteiger partial charge in [-0.15, -0.1) is 0 Å². The Balaban J connectivity index is 1.16. The van der Waals surface area contributed by atoms with Crippen LogP contribution in [0.25, 0.3) is 0 Å². The van der Waals surface area contributed by atoms with E-state index in [4.69, 9.17) is 10.5 Å². The van der Waals surface area contributed by atoms with Crippen molar-refractivity contribution in [1.29, 1.82) is 0 Å². The highest BCUT2D eigenvalue weighted by Crippen LogP contribution is 2.38. The molecule has 0 unspecified atom stereocenters. The van der Waals surface area contributed by atoms with Gasteiger partial charge >= 0.3 is 6.09 Å². The topological polar surface area (TPSA) is 102 Å². The number of ether oxygens (including phenoxy) is 1. The van der Waals surface area contributed by atoms with Gasteiger partial charge in [-0.05, 0) is 60.6 Å². The minimum atomic E-state index is -0.571. The maximum Gasteiger partial charge on any atom is 0.407 e. The number of anilines is 2. The maximum atomic E-state index is 14.4. The van der Waals surface area contributed by atoms with E-state index in [1.54, 1.807) is 6.07 Å². The molecule has 9 heteroatoms. The summed E-state index contributed by atoms with van der Waals surface area (Å²) in [5.74, 6) is -0.948. The van der Waals surface area contributed by atoms with E-state index in [2.05, 4.69) is 27.4 Å². The van der Waals surface area contributed by atoms with Crippen LogP contribution in [-0.2, 0) is 30.7 Å². The van der Waals surface area contributed by atoms with E-state index in [-0.39, 0.29) is 30.2 Å². The number of amides is 1. The molecular formula is C32H32FN5O3. The van der Waals surface area contributed by atoms with Gasteiger partial charge in [0.2, 0.25) is 0 Å². The third-order valence-corrected chi connectivity index (χ3v) is 7.94. The Bertz CT molecular complexity index is 1560. The van der Waals surface area contributed by atoms with Crippen LogP contribution in [0.15, 0.2) is 78.9 Å². The number of hydrogen-bond donors (Lipinski definition) is 2. The van der Waals surface area contributed by atoms with E-state index in [0.29, 0.717) is 44.3 Å². The van der Waals surface area contributed by atoms with Crippen LogP contribution in [-0.4, -0.2) is 34.4 Å². The van der Waals surface area contributed by atoms with Gasteiger partial charge in [0.1, 0.15) is 18.2 Å². The second-order valence-electron chi connectivity index (χ2n) is 10.7. The molecule has 0 bridgehead atoms. The van der Waals surface area contributed by atoms with Crippen molar-refractivity contribution in [3.05, 3.63) is 113 Å². The number of benzene rings is 3. The second-order valence-corrected chi connectivity index (χ2v) is 10.7. The van der Waals surface area contributed by atoms with Crippen LogP contribution in [0.1, 0.15) is 51.5 Å². The molecule has 0 saturated heterocycles. The molecule has 1 aliphatic heterocycles. The summed E-state index contributed by atoms with van der Waals surface area (Å²) < 4.78 is 21.1. The van der Waals surface area contributed by atoms with Gasteiger partial charge in [0.05, 0.1) is 11.6 Å². The average molecular weight is 554 g/mol. The van der Waals surface area contributed by atoms with E-state index < -0.39 is 12.0 Å². The second kappa shape index (κ2) is 11.4. The number of halogens is 1. The minimum absolute atomic E-state index is 0.183. The number of nitrogens with two attached hydrogens (primary N) is 1. The molecule has 1 amide bonds. The molecule has 210 valence electrons. The highest BCUT2D eigenvalue weighted by molar-refractivity contribution is 5.90. The van der Waals surface area contributed by atoms with Crippen LogP contribution in [0.5, 0.6) is 0 Å². The molecule has 0 spiro atoms. The SMILES string of the molecule is Nc1c2c(nn1C(=O)[C@@H]1CCN(Cc3ccccc3)c3ccc(F)cc31)CC[C@@H](NC(=O)OCc1ccccc1)C2. The van der Waals surface area contributed by atoms with Crippen molar-refractivity contribution in [1.82, 2.24) is 15.1 Å². The van der Waals surface area contributed by atoms with Gasteiger partial charge in [0.15, 0.2) is 0 Å². The van der Waals surface area contributed by atoms with Gasteiger partial charge in [0, 0.05) is 30.4 Å². The largest absolute Gasteiger partial charge is 0.445 e. The number of carbonyl (C=O) groups excluding carboxylic acids is 2. The average Bonchev–Trinajstić information content (AvgIpc) is 3.32. The van der Waals surface area contributed by atoms with Crippen molar-refractivity contribution in [2.45, 2.75) is 50.8 Å². The lowest BCUT2D eigenvalue weighted by molar-refractivity contribution is 0.0857. The number of rotatable bonds is 6. The molecule has 6 rings (SSSR count). The first-order valence-corrected chi connectivity index (χ1v) is 13.9. The summed E-state index contributed by atoms with van der Waals surface area (Å²) in [6.45, 7) is 1.49. The number of alkyl carbamates (subject to hydrolysis) is 1. The molecule has 2 heterocycles. The first-order chi connectivity index (χ1) is 20.0. The number of fused-ring (bicyclic) bond motifs is 2. The van der Waals surface area contributed by atoms with Crippen molar-refractivity contribution >= 4 is 23.5 Å². The fraction of sp³-hybridized carbons (Fsp3) is 0.281. The highest BCUT2D eigenvalue weighted by atomic mass is 19.1. The molecule has 8 nitrogen and oxygen atoms in total. The fourth-order valence-electron chi connectivity index (χ4n) is 5.84. The lowest BCUT2D eigenvalue weighted by atomic mass is 9.88. The van der Waals surface area contributed by atoms with E-state index >= 15 is 0 Å². The highest BCUT2D eigenvalue weighted by Gasteiger charge is 2.35. The number of aryl methyl sites for hydroxylation is 1. The smallest absolute Gasteiger partial charge is 0.407 e. The predicted octanol–water partition coefficient (Wildman–Crippen LogP) is 5.22. The van der Waals surface area contributed by atoms with E-state index in [0.717, 1.165) is 28.1 Å². The first-order valence-electron chi connectivity index (χ1n) is 13.9. The molecule has 41 heavy (non-hydrogen) atoms. The van der Waals surface area contributed by atoms with Crippen molar-refractivity contribution in [2.24, 2.45) is 0 Å². The Morgan fingerprint density at radius 2 is 1.73 bits per heavy atom. The Morgan fingerprint density at radius 3 is 2.49 bits per heavy atom. The lowest BCUT2D eigenvalue weighted by Gasteiger charge is -2.35. The summed E-state index contributed by atoms with van der Waals surface area (Å²) in [7, 11) is 0. The van der Waals surface area contributed by atoms with Gasteiger partial charge < -0.3 is 20.7 Å². The van der Waals surface area contributed by atoms with E-state index in [9.17, 15) is 14.0 Å². The number of nitrogen functional groups attached to an aromatic ring is 1. The van der Waals surface area contributed by atoms with Crippen LogP contribution in [0, 0.1) is 5.82 Å². The standard InChI is InChI=1S/C32H32FN5O3/c33-23-11-14-29-26(17-23)25(15-16-37(29)19-21-7-3-1-4-8-21)31(39)38-30(34)27-18-24(12-13-28(27)36-38)35-32(40)41-20-22-9-5-2-6-10-22/h1-11,14,17,24-25H,12-13,15-16,18-20,34H2,(H,35,40)/t24-,25-/m1/s1. The third kappa shape index (κ3) is 5.66. The third-order valence-electron chi connectivity index (χ3n) is 7.94. The quantitative estimate of drug-likeness (QED) is 0.339. The zero-order chi connectivity index (χ0) is 28.3. The van der Waals surface area contributed by atoms with Crippen molar-refractivity contribution in [2.75, 3.05) is 17.2 Å². The van der Waals surface area contributed by atoms with Gasteiger partial charge in [-0.25, -0.2) is 9.18 Å². The molecule has 3 aromatic carbocycles. The lowest BCUT2D eigenvalue weighted by Crippen LogP contribution is -2.39. The summed E-state index contributed by atoms with van der Waals surface area (Å²) >= 11 is 0. The van der Waals surface area contributed by atoms with Gasteiger partial charge in [-0.3, -0.25) is 4.79 Å².